The van der Waals surface area contributed by atoms with Gasteiger partial charge < -0.3 is 4.18 Å². The Labute approximate surface area is 33.6 Å². The summed E-state index contributed by atoms with van der Waals surface area (Å²) >= 11 is 0.0405. The second-order valence-corrected chi connectivity index (χ2v) is 0.565. The van der Waals surface area contributed by atoms with E-state index in [0.29, 0.717) is 0 Å². The zero-order chi connectivity index (χ0) is 4.12. The molecule has 0 aliphatic carbocycles. The third kappa shape index (κ3) is 3.60. The van der Waals surface area contributed by atoms with Gasteiger partial charge in [0.1, 0.15) is 0 Å². The van der Waals surface area contributed by atoms with Crippen LogP contribution in [0.1, 0.15) is 0 Å². The highest BCUT2D eigenvalue weighted by atomic mass is 32.2. The first-order chi connectivity index (χ1) is 2.41. The summed E-state index contributed by atoms with van der Waals surface area (Å²) in [6.07, 6.45) is 1.23. The van der Waals surface area contributed by atoms with E-state index in [-0.39, 0.29) is 12.3 Å². The van der Waals surface area contributed by atoms with Gasteiger partial charge in [0, 0.05) is 0 Å². The predicted molar refractivity (Wildman–Crippen MR) is 16.9 cm³/mol. The Bertz CT molecular complexity index is 48.1. The Kier molecular flexibility index (Phi) is 3.31. The fraction of sp³-hybridized carbons (Fsp3) is 0. The van der Waals surface area contributed by atoms with Gasteiger partial charge in [-0.25, -0.2) is 0 Å². The fourth-order valence-corrected chi connectivity index (χ4v) is 0.0500. The normalized spacial score (nSPS) is 5.60. The van der Waals surface area contributed by atoms with Gasteiger partial charge in [0.15, 0.2) is 0 Å². The van der Waals surface area contributed by atoms with E-state index < -0.39 is 0 Å². The first-order valence-corrected chi connectivity index (χ1v) is 1.48. The molecule has 0 aromatic rings. The van der Waals surface area contributed by atoms with Crippen molar-refractivity contribution >= 4 is 12.3 Å². The van der Waals surface area contributed by atoms with Crippen molar-refractivity contribution < 1.29 is 8.74 Å². The van der Waals surface area contributed by atoms with Gasteiger partial charge in [0.2, 0.25) is 12.3 Å². The summed E-state index contributed by atoms with van der Waals surface area (Å²) in [7, 11) is 0. The predicted octanol–water partition coefficient (Wildman–Crippen LogP) is 0.605. The molecule has 0 radical (unpaired) electrons. The van der Waals surface area contributed by atoms with Crippen molar-refractivity contribution in [2.24, 2.45) is 0 Å². The van der Waals surface area contributed by atoms with Crippen LogP contribution in [0, 0.1) is 11.5 Å². The molecule has 0 bridgehead atoms. The monoisotopic (exact) mass is 91.0 g/mol. The Morgan fingerprint density at radius 3 is 2.60 bits per heavy atom. The molecule has 0 aromatic heterocycles. The molecule has 0 aromatic carbocycles. The van der Waals surface area contributed by atoms with Crippen LogP contribution in [0.2, 0.25) is 0 Å². The van der Waals surface area contributed by atoms with E-state index in [4.69, 9.17) is 9.81 Å². The molecule has 3 nitrogen and oxygen atoms in total. The van der Waals surface area contributed by atoms with Crippen LogP contribution in [0.15, 0.2) is 0 Å². The molecule has 0 saturated carbocycles. The molecule has 0 atom stereocenters. The number of rotatable bonds is 1. The summed E-state index contributed by atoms with van der Waals surface area (Å²) in [6, 6.07) is 0. The van der Waals surface area contributed by atoms with E-state index >= 15 is 0 Å². The Balaban J connectivity index is 2.48. The van der Waals surface area contributed by atoms with Gasteiger partial charge in [0.25, 0.3) is 0 Å². The zero-order valence-corrected chi connectivity index (χ0v) is 3.03. The third-order valence-corrected chi connectivity index (χ3v) is 0.224. The van der Waals surface area contributed by atoms with Crippen LogP contribution >= 0.6 is 12.3 Å². The first-order valence-electron chi connectivity index (χ1n) is 0.777. The highest BCUT2D eigenvalue weighted by Crippen LogP contribution is 1.86. The molecule has 0 spiro atoms. The maximum Gasteiger partial charge on any atom is 0.301 e. The highest BCUT2D eigenvalue weighted by Gasteiger charge is 1.65. The number of hydrogen-bond donors (Lipinski definition) is 1. The lowest BCUT2D eigenvalue weighted by Crippen LogP contribution is -1.54. The van der Waals surface area contributed by atoms with Crippen LogP contribution in [-0.2, 0) is 4.18 Å². The van der Waals surface area contributed by atoms with Gasteiger partial charge in [-0.05, 0) is 0 Å². The van der Waals surface area contributed by atoms with E-state index in [9.17, 15) is 0 Å². The largest absolute Gasteiger partial charge is 0.322 e. The number of nitrogens with zero attached hydrogens (tertiary/aromatic N) is 1. The maximum absolute atomic E-state index is 7.54. The molecule has 1 N–H and O–H groups in total. The van der Waals surface area contributed by atoms with Crippen LogP contribution in [-0.4, -0.2) is 4.55 Å². The standard InChI is InChI=1S/CHNO2S/c2-1-4-5-3/h3H. The molecule has 4 heteroatoms. The molecule has 0 rings (SSSR count). The molecule has 5 heavy (non-hydrogen) atoms. The van der Waals surface area contributed by atoms with E-state index in [1.165, 1.54) is 6.26 Å². The summed E-state index contributed by atoms with van der Waals surface area (Å²) in [4.78, 5) is 0. The minimum Gasteiger partial charge on any atom is -0.322 e. The Morgan fingerprint density at radius 1 is 2.00 bits per heavy atom. The fourth-order valence-electron chi connectivity index (χ4n) is 0.0167. The SMILES string of the molecule is N#COSO. The van der Waals surface area contributed by atoms with Gasteiger partial charge in [-0.1, -0.05) is 0 Å². The summed E-state index contributed by atoms with van der Waals surface area (Å²) < 4.78 is 11.1. The van der Waals surface area contributed by atoms with E-state index in [0.717, 1.165) is 0 Å². The minimum atomic E-state index is 0.0405. The van der Waals surface area contributed by atoms with Crippen molar-refractivity contribution in [1.29, 1.82) is 5.26 Å². The zero-order valence-electron chi connectivity index (χ0n) is 2.21. The second-order valence-electron chi connectivity index (χ2n) is 0.249. The van der Waals surface area contributed by atoms with E-state index in [1.807, 2.05) is 0 Å². The molecule has 0 unspecified atom stereocenters. The molecule has 0 fully saturated rings. The van der Waals surface area contributed by atoms with Gasteiger partial charge in [0.05, 0.1) is 0 Å². The third-order valence-electron chi connectivity index (χ3n) is 0.0745. The van der Waals surface area contributed by atoms with Crippen molar-refractivity contribution in [2.45, 2.75) is 0 Å². The molecular weight excluding hydrogens is 90.1 g/mol. The van der Waals surface area contributed by atoms with Gasteiger partial charge in [-0.2, -0.15) is 0 Å². The molecule has 0 aliphatic heterocycles. The Hall–Kier alpha value is -0.400. The van der Waals surface area contributed by atoms with Gasteiger partial charge >= 0.3 is 6.26 Å². The molecule has 0 saturated heterocycles. The quantitative estimate of drug-likeness (QED) is 0.379. The Morgan fingerprint density at radius 2 is 2.60 bits per heavy atom. The van der Waals surface area contributed by atoms with Crippen LogP contribution in [0.25, 0.3) is 0 Å². The van der Waals surface area contributed by atoms with Crippen molar-refractivity contribution in [3.8, 4) is 6.26 Å². The van der Waals surface area contributed by atoms with Crippen LogP contribution < -0.4 is 0 Å². The summed E-state index contributed by atoms with van der Waals surface area (Å²) in [5.74, 6) is 0. The summed E-state index contributed by atoms with van der Waals surface area (Å²) in [5, 5.41) is 7.41. The van der Waals surface area contributed by atoms with Gasteiger partial charge in [-0.3, -0.25) is 4.55 Å². The van der Waals surface area contributed by atoms with Crippen LogP contribution in [0.5, 0.6) is 0 Å². The molecular formula is CHNO2S. The van der Waals surface area contributed by atoms with Crippen LogP contribution in [0.3, 0.4) is 0 Å². The lowest BCUT2D eigenvalue weighted by atomic mass is 11.6. The van der Waals surface area contributed by atoms with Crippen molar-refractivity contribution in [1.82, 2.24) is 0 Å². The maximum atomic E-state index is 7.54. The topological polar surface area (TPSA) is 53.2 Å². The average Bonchev–Trinajstić information content (AvgIpc) is 1.41. The smallest absolute Gasteiger partial charge is 0.301 e. The van der Waals surface area contributed by atoms with Crippen LogP contribution in [0.4, 0.5) is 0 Å². The number of nitriles is 1. The first kappa shape index (κ1) is 4.60. The molecule has 28 valence electrons. The average molecular weight is 91.1 g/mol. The summed E-state index contributed by atoms with van der Waals surface area (Å²) in [5.41, 5.74) is 0. The molecule has 0 heterocycles. The van der Waals surface area contributed by atoms with Crippen molar-refractivity contribution in [3.63, 3.8) is 0 Å². The minimum absolute atomic E-state index is 0.0405. The van der Waals surface area contributed by atoms with E-state index in [2.05, 4.69) is 4.18 Å². The highest BCUT2D eigenvalue weighted by molar-refractivity contribution is 7.89. The van der Waals surface area contributed by atoms with E-state index in [1.54, 1.807) is 0 Å². The lowest BCUT2D eigenvalue weighted by molar-refractivity contribution is 0.509. The second kappa shape index (κ2) is 3.60. The van der Waals surface area contributed by atoms with Crippen molar-refractivity contribution in [3.05, 3.63) is 0 Å². The van der Waals surface area contributed by atoms with Crippen molar-refractivity contribution in [2.75, 3.05) is 0 Å². The molecule has 0 amide bonds. The lowest BCUT2D eigenvalue weighted by Gasteiger charge is -1.70. The molecule has 0 aliphatic rings. The van der Waals surface area contributed by atoms with Gasteiger partial charge in [-0.15, -0.1) is 5.26 Å². The number of hydrogen-bond acceptors (Lipinski definition) is 4. The summed E-state index contributed by atoms with van der Waals surface area (Å²) in [6.45, 7) is 0.